The second kappa shape index (κ2) is 5.65. The van der Waals surface area contributed by atoms with Crippen LogP contribution < -0.4 is 4.90 Å². The molecular weight excluding hydrogens is 248 g/mol. The third-order valence-electron chi connectivity index (χ3n) is 4.30. The van der Waals surface area contributed by atoms with Crippen molar-refractivity contribution >= 4 is 11.6 Å². The summed E-state index contributed by atoms with van der Waals surface area (Å²) in [6.45, 7) is 0. The Hall–Kier alpha value is -1.84. The molecule has 1 aromatic heterocycles. The van der Waals surface area contributed by atoms with Crippen LogP contribution in [0.5, 0.6) is 0 Å². The van der Waals surface area contributed by atoms with Gasteiger partial charge in [-0.1, -0.05) is 37.5 Å². The molecule has 0 bridgehead atoms. The predicted octanol–water partition coefficient (Wildman–Crippen LogP) is 3.63. The largest absolute Gasteiger partial charge is 0.314 e. The molecule has 1 saturated carbocycles. The molecule has 0 N–H and O–H groups in total. The van der Waals surface area contributed by atoms with E-state index in [1.54, 1.807) is 0 Å². The third kappa shape index (κ3) is 2.42. The van der Waals surface area contributed by atoms with Crippen LogP contribution in [0.15, 0.2) is 30.3 Å². The van der Waals surface area contributed by atoms with Crippen molar-refractivity contribution in [2.45, 2.75) is 38.0 Å². The van der Waals surface area contributed by atoms with E-state index in [4.69, 9.17) is 0 Å². The summed E-state index contributed by atoms with van der Waals surface area (Å²) in [4.78, 5) is 2.10. The van der Waals surface area contributed by atoms with E-state index in [1.165, 1.54) is 32.1 Å². The molecule has 0 unspecified atom stereocenters. The quantitative estimate of drug-likeness (QED) is 0.854. The Bertz CT molecular complexity index is 555. The van der Waals surface area contributed by atoms with Crippen LogP contribution in [-0.2, 0) is 7.05 Å². The Labute approximate surface area is 120 Å². The van der Waals surface area contributed by atoms with Crippen molar-refractivity contribution < 1.29 is 0 Å². The lowest BCUT2D eigenvalue weighted by atomic mass is 9.89. The summed E-state index contributed by atoms with van der Waals surface area (Å²) in [5, 5.41) is 8.86. The van der Waals surface area contributed by atoms with Crippen LogP contribution in [0.3, 0.4) is 0 Å². The summed E-state index contributed by atoms with van der Waals surface area (Å²) in [5.41, 5.74) is 1.14. The Morgan fingerprint density at radius 1 is 1.05 bits per heavy atom. The smallest absolute Gasteiger partial charge is 0.231 e. The SMILES string of the molecule is CN(c1ccccc1)c1nnc(C2CCCCC2)n1C. The number of rotatable bonds is 3. The first kappa shape index (κ1) is 13.2. The predicted molar refractivity (Wildman–Crippen MR) is 81.3 cm³/mol. The number of aromatic nitrogens is 3. The molecule has 2 aromatic rings. The van der Waals surface area contributed by atoms with Gasteiger partial charge in [0.05, 0.1) is 0 Å². The molecule has 1 aliphatic carbocycles. The van der Waals surface area contributed by atoms with Gasteiger partial charge >= 0.3 is 0 Å². The Balaban J connectivity index is 1.86. The molecule has 1 aromatic carbocycles. The first-order valence-electron chi connectivity index (χ1n) is 7.45. The maximum atomic E-state index is 4.46. The average molecular weight is 270 g/mol. The van der Waals surface area contributed by atoms with Gasteiger partial charge in [-0.3, -0.25) is 4.57 Å². The number of hydrogen-bond donors (Lipinski definition) is 0. The van der Waals surface area contributed by atoms with E-state index in [2.05, 4.69) is 38.8 Å². The summed E-state index contributed by atoms with van der Waals surface area (Å²) in [6, 6.07) is 10.3. The summed E-state index contributed by atoms with van der Waals surface area (Å²) in [5.74, 6) is 2.64. The molecular formula is C16H22N4. The molecule has 0 spiro atoms. The zero-order valence-corrected chi connectivity index (χ0v) is 12.3. The number of anilines is 2. The van der Waals surface area contributed by atoms with E-state index in [1.807, 2.05) is 25.2 Å². The first-order valence-corrected chi connectivity index (χ1v) is 7.45. The zero-order valence-electron chi connectivity index (χ0n) is 12.3. The van der Waals surface area contributed by atoms with Gasteiger partial charge in [-0.05, 0) is 25.0 Å². The van der Waals surface area contributed by atoms with Gasteiger partial charge in [-0.25, -0.2) is 0 Å². The van der Waals surface area contributed by atoms with Gasteiger partial charge in [0.15, 0.2) is 0 Å². The number of hydrogen-bond acceptors (Lipinski definition) is 3. The van der Waals surface area contributed by atoms with Crippen molar-refractivity contribution in [1.82, 2.24) is 14.8 Å². The molecule has 1 aliphatic rings. The van der Waals surface area contributed by atoms with Crippen LogP contribution >= 0.6 is 0 Å². The molecule has 1 heterocycles. The molecule has 0 aliphatic heterocycles. The van der Waals surface area contributed by atoms with E-state index in [9.17, 15) is 0 Å². The molecule has 0 saturated heterocycles. The minimum absolute atomic E-state index is 0.583. The molecule has 3 rings (SSSR count). The van der Waals surface area contributed by atoms with E-state index in [0.717, 1.165) is 17.5 Å². The second-order valence-electron chi connectivity index (χ2n) is 5.65. The summed E-state index contributed by atoms with van der Waals surface area (Å²) >= 11 is 0. The third-order valence-corrected chi connectivity index (χ3v) is 4.30. The lowest BCUT2D eigenvalue weighted by molar-refractivity contribution is 0.420. The number of nitrogens with zero attached hydrogens (tertiary/aromatic N) is 4. The first-order chi connectivity index (χ1) is 9.77. The molecule has 0 amide bonds. The Morgan fingerprint density at radius 2 is 1.75 bits per heavy atom. The minimum Gasteiger partial charge on any atom is -0.314 e. The van der Waals surface area contributed by atoms with Crippen molar-refractivity contribution in [3.05, 3.63) is 36.2 Å². The van der Waals surface area contributed by atoms with E-state index in [0.29, 0.717) is 5.92 Å². The van der Waals surface area contributed by atoms with Crippen molar-refractivity contribution in [3.8, 4) is 0 Å². The highest BCUT2D eigenvalue weighted by Crippen LogP contribution is 2.33. The molecule has 20 heavy (non-hydrogen) atoms. The lowest BCUT2D eigenvalue weighted by Gasteiger charge is -2.22. The standard InChI is InChI=1S/C16H22N4/c1-19(14-11-7-4-8-12-14)16-18-17-15(20(16)2)13-9-5-3-6-10-13/h4,7-8,11-13H,3,5-6,9-10H2,1-2H3. The van der Waals surface area contributed by atoms with Crippen LogP contribution in [0.2, 0.25) is 0 Å². The lowest BCUT2D eigenvalue weighted by Crippen LogP contribution is -2.16. The van der Waals surface area contributed by atoms with Gasteiger partial charge in [-0.15, -0.1) is 10.2 Å². The molecule has 0 radical (unpaired) electrons. The maximum absolute atomic E-state index is 4.46. The highest BCUT2D eigenvalue weighted by atomic mass is 15.4. The van der Waals surface area contributed by atoms with Crippen molar-refractivity contribution in [2.24, 2.45) is 7.05 Å². The monoisotopic (exact) mass is 270 g/mol. The van der Waals surface area contributed by atoms with Crippen molar-refractivity contribution in [2.75, 3.05) is 11.9 Å². The normalized spacial score (nSPS) is 16.3. The van der Waals surface area contributed by atoms with Gasteiger partial charge in [-0.2, -0.15) is 0 Å². The summed E-state index contributed by atoms with van der Waals surface area (Å²) < 4.78 is 2.16. The fourth-order valence-corrected chi connectivity index (χ4v) is 3.11. The van der Waals surface area contributed by atoms with Crippen LogP contribution in [0.1, 0.15) is 43.8 Å². The fraction of sp³-hybridized carbons (Fsp3) is 0.500. The minimum atomic E-state index is 0.583. The number of benzene rings is 1. The van der Waals surface area contributed by atoms with E-state index in [-0.39, 0.29) is 0 Å². The maximum Gasteiger partial charge on any atom is 0.231 e. The van der Waals surface area contributed by atoms with Crippen LogP contribution in [0.25, 0.3) is 0 Å². The second-order valence-corrected chi connectivity index (χ2v) is 5.65. The fourth-order valence-electron chi connectivity index (χ4n) is 3.11. The zero-order chi connectivity index (χ0) is 13.9. The highest BCUT2D eigenvalue weighted by molar-refractivity contribution is 5.56. The van der Waals surface area contributed by atoms with Gasteiger partial charge in [0.2, 0.25) is 5.95 Å². The van der Waals surface area contributed by atoms with Gasteiger partial charge in [0.1, 0.15) is 5.82 Å². The molecule has 106 valence electrons. The molecule has 4 nitrogen and oxygen atoms in total. The number of para-hydroxylation sites is 1. The van der Waals surface area contributed by atoms with Crippen LogP contribution in [0.4, 0.5) is 11.6 Å². The van der Waals surface area contributed by atoms with E-state index >= 15 is 0 Å². The van der Waals surface area contributed by atoms with Gasteiger partial charge in [0, 0.05) is 25.7 Å². The summed E-state index contributed by atoms with van der Waals surface area (Å²) in [6.07, 6.45) is 6.51. The average Bonchev–Trinajstić information content (AvgIpc) is 2.90. The van der Waals surface area contributed by atoms with Crippen LogP contribution in [0, 0.1) is 0 Å². The van der Waals surface area contributed by atoms with Crippen molar-refractivity contribution in [1.29, 1.82) is 0 Å². The van der Waals surface area contributed by atoms with Crippen LogP contribution in [-0.4, -0.2) is 21.8 Å². The molecule has 0 atom stereocenters. The van der Waals surface area contributed by atoms with Crippen molar-refractivity contribution in [3.63, 3.8) is 0 Å². The van der Waals surface area contributed by atoms with Gasteiger partial charge in [0.25, 0.3) is 0 Å². The topological polar surface area (TPSA) is 34.0 Å². The molecule has 1 fully saturated rings. The summed E-state index contributed by atoms with van der Waals surface area (Å²) in [7, 11) is 4.13. The Kier molecular flexibility index (Phi) is 3.72. The van der Waals surface area contributed by atoms with Gasteiger partial charge < -0.3 is 4.90 Å². The molecule has 4 heteroatoms. The van der Waals surface area contributed by atoms with E-state index < -0.39 is 0 Å². The Morgan fingerprint density at radius 3 is 2.45 bits per heavy atom. The highest BCUT2D eigenvalue weighted by Gasteiger charge is 2.23.